The fourth-order valence-corrected chi connectivity index (χ4v) is 4.57. The first kappa shape index (κ1) is 23.5. The fourth-order valence-electron chi connectivity index (χ4n) is 4.57. The van der Waals surface area contributed by atoms with Gasteiger partial charge in [-0.25, -0.2) is 9.59 Å². The standard InChI is InChI=1S/C26H28N2O6/c1-2-3-12-22(23(29)30)27-24(31)26(13-14-33-16-26)28-25(32)34-15-21-19-10-6-4-8-17(19)18-9-5-7-11-20(18)21/h2,4-11,21-22H,1,3,12-16H2,(H,27,31)(H,28,32)(H,29,30). The normalized spacial score (nSPS) is 19.5. The number of carbonyl (C=O) groups excluding carboxylic acids is 2. The summed E-state index contributed by atoms with van der Waals surface area (Å²) in [5.41, 5.74) is 3.02. The smallest absolute Gasteiger partial charge is 0.408 e. The molecule has 3 N–H and O–H groups in total. The van der Waals surface area contributed by atoms with Crippen molar-refractivity contribution in [3.8, 4) is 11.1 Å². The molecule has 0 radical (unpaired) electrons. The number of allylic oxidation sites excluding steroid dienone is 1. The number of benzene rings is 2. The average molecular weight is 465 g/mol. The molecule has 0 spiro atoms. The van der Waals surface area contributed by atoms with Crippen molar-refractivity contribution in [1.29, 1.82) is 0 Å². The Hall–Kier alpha value is -3.65. The second kappa shape index (κ2) is 10.1. The lowest BCUT2D eigenvalue weighted by Crippen LogP contribution is -2.61. The van der Waals surface area contributed by atoms with E-state index in [9.17, 15) is 19.5 Å². The molecule has 2 atom stereocenters. The molecule has 2 amide bonds. The van der Waals surface area contributed by atoms with E-state index in [4.69, 9.17) is 9.47 Å². The molecule has 0 saturated carbocycles. The van der Waals surface area contributed by atoms with Gasteiger partial charge in [0.1, 0.15) is 18.2 Å². The highest BCUT2D eigenvalue weighted by Gasteiger charge is 2.45. The number of carboxylic acid groups (broad SMARTS) is 1. The van der Waals surface area contributed by atoms with Gasteiger partial charge in [0.05, 0.1) is 6.61 Å². The highest BCUT2D eigenvalue weighted by atomic mass is 16.6. The Morgan fingerprint density at radius 3 is 2.35 bits per heavy atom. The molecule has 1 aliphatic heterocycles. The Bertz CT molecular complexity index is 1050. The molecule has 178 valence electrons. The molecule has 1 aliphatic carbocycles. The van der Waals surface area contributed by atoms with E-state index in [1.54, 1.807) is 6.08 Å². The molecule has 34 heavy (non-hydrogen) atoms. The molecule has 0 bridgehead atoms. The maximum absolute atomic E-state index is 13.0. The first-order valence-electron chi connectivity index (χ1n) is 11.3. The number of carbonyl (C=O) groups is 3. The van der Waals surface area contributed by atoms with Crippen LogP contribution in [-0.4, -0.2) is 54.5 Å². The van der Waals surface area contributed by atoms with E-state index in [0.29, 0.717) is 6.42 Å². The third-order valence-corrected chi connectivity index (χ3v) is 6.40. The summed E-state index contributed by atoms with van der Waals surface area (Å²) >= 11 is 0. The van der Waals surface area contributed by atoms with E-state index in [0.717, 1.165) is 22.3 Å². The van der Waals surface area contributed by atoms with Crippen LogP contribution in [0.15, 0.2) is 61.2 Å². The number of alkyl carbamates (subject to hydrolysis) is 1. The Kier molecular flexibility index (Phi) is 6.98. The maximum atomic E-state index is 13.0. The van der Waals surface area contributed by atoms with Crippen molar-refractivity contribution < 1.29 is 29.0 Å². The Labute approximate surface area is 198 Å². The van der Waals surface area contributed by atoms with Crippen LogP contribution in [0.4, 0.5) is 4.79 Å². The van der Waals surface area contributed by atoms with Gasteiger partial charge in [-0.1, -0.05) is 54.6 Å². The van der Waals surface area contributed by atoms with Gasteiger partial charge in [0.15, 0.2) is 0 Å². The number of ether oxygens (including phenoxy) is 2. The molecule has 2 aliphatic rings. The van der Waals surface area contributed by atoms with Crippen molar-refractivity contribution in [2.75, 3.05) is 19.8 Å². The molecule has 0 aromatic heterocycles. The zero-order valence-corrected chi connectivity index (χ0v) is 18.8. The number of hydrogen-bond acceptors (Lipinski definition) is 5. The first-order valence-corrected chi connectivity index (χ1v) is 11.3. The molecule has 8 nitrogen and oxygen atoms in total. The van der Waals surface area contributed by atoms with Crippen LogP contribution in [0.2, 0.25) is 0 Å². The van der Waals surface area contributed by atoms with Crippen LogP contribution < -0.4 is 10.6 Å². The van der Waals surface area contributed by atoms with Gasteiger partial charge in [-0.15, -0.1) is 6.58 Å². The van der Waals surface area contributed by atoms with Gasteiger partial charge in [-0.05, 0) is 35.1 Å². The predicted molar refractivity (Wildman–Crippen MR) is 125 cm³/mol. The zero-order chi connectivity index (χ0) is 24.1. The monoisotopic (exact) mass is 464 g/mol. The summed E-state index contributed by atoms with van der Waals surface area (Å²) in [6.07, 6.45) is 1.69. The molecule has 2 unspecified atom stereocenters. The Morgan fingerprint density at radius 1 is 1.15 bits per heavy atom. The first-order chi connectivity index (χ1) is 16.4. The van der Waals surface area contributed by atoms with Crippen LogP contribution in [0.3, 0.4) is 0 Å². The van der Waals surface area contributed by atoms with Crippen molar-refractivity contribution in [2.45, 2.75) is 36.8 Å². The minimum absolute atomic E-state index is 0.0587. The lowest BCUT2D eigenvalue weighted by atomic mass is 9.96. The third kappa shape index (κ3) is 4.68. The second-order valence-electron chi connectivity index (χ2n) is 8.57. The van der Waals surface area contributed by atoms with Gasteiger partial charge in [-0.2, -0.15) is 0 Å². The number of nitrogens with one attached hydrogen (secondary N) is 2. The molecule has 8 heteroatoms. The van der Waals surface area contributed by atoms with Gasteiger partial charge in [-0.3, -0.25) is 4.79 Å². The number of fused-ring (bicyclic) bond motifs is 3. The molecule has 2 aromatic rings. The molecular formula is C26H28N2O6. The maximum Gasteiger partial charge on any atom is 0.408 e. The van der Waals surface area contributed by atoms with E-state index >= 15 is 0 Å². The number of rotatable bonds is 9. The second-order valence-corrected chi connectivity index (χ2v) is 8.57. The Morgan fingerprint density at radius 2 is 1.79 bits per heavy atom. The average Bonchev–Trinajstić information content (AvgIpc) is 3.43. The number of hydrogen-bond donors (Lipinski definition) is 3. The largest absolute Gasteiger partial charge is 0.480 e. The Balaban J connectivity index is 1.43. The van der Waals surface area contributed by atoms with E-state index in [2.05, 4.69) is 29.3 Å². The van der Waals surface area contributed by atoms with Crippen molar-refractivity contribution in [3.05, 3.63) is 72.3 Å². The van der Waals surface area contributed by atoms with Crippen LogP contribution in [0.5, 0.6) is 0 Å². The molecular weight excluding hydrogens is 436 g/mol. The highest BCUT2D eigenvalue weighted by Crippen LogP contribution is 2.44. The number of aliphatic carboxylic acids is 1. The number of carboxylic acids is 1. The summed E-state index contributed by atoms with van der Waals surface area (Å²) in [6.45, 7) is 3.90. The van der Waals surface area contributed by atoms with Gasteiger partial charge in [0.25, 0.3) is 0 Å². The lowest BCUT2D eigenvalue weighted by molar-refractivity contribution is -0.143. The topological polar surface area (TPSA) is 114 Å². The van der Waals surface area contributed by atoms with Crippen molar-refractivity contribution in [2.24, 2.45) is 0 Å². The van der Waals surface area contributed by atoms with Crippen LogP contribution in [-0.2, 0) is 19.1 Å². The minimum Gasteiger partial charge on any atom is -0.480 e. The van der Waals surface area contributed by atoms with Crippen LogP contribution in [0.25, 0.3) is 11.1 Å². The molecule has 4 rings (SSSR count). The summed E-state index contributed by atoms with van der Waals surface area (Å²) in [5, 5.41) is 14.6. The summed E-state index contributed by atoms with van der Waals surface area (Å²) in [4.78, 5) is 37.3. The van der Waals surface area contributed by atoms with Gasteiger partial charge in [0, 0.05) is 18.9 Å². The van der Waals surface area contributed by atoms with Crippen molar-refractivity contribution >= 4 is 18.0 Å². The predicted octanol–water partition coefficient (Wildman–Crippen LogP) is 3.22. The van der Waals surface area contributed by atoms with E-state index in [1.807, 2.05) is 36.4 Å². The van der Waals surface area contributed by atoms with Crippen molar-refractivity contribution in [3.63, 3.8) is 0 Å². The molecule has 1 fully saturated rings. The highest BCUT2D eigenvalue weighted by molar-refractivity contribution is 5.93. The molecule has 1 heterocycles. The minimum atomic E-state index is -1.38. The van der Waals surface area contributed by atoms with Crippen molar-refractivity contribution in [1.82, 2.24) is 10.6 Å². The van der Waals surface area contributed by atoms with Crippen LogP contribution in [0.1, 0.15) is 36.3 Å². The third-order valence-electron chi connectivity index (χ3n) is 6.40. The zero-order valence-electron chi connectivity index (χ0n) is 18.8. The summed E-state index contributed by atoms with van der Waals surface area (Å²) in [7, 11) is 0. The summed E-state index contributed by atoms with van der Waals surface area (Å²) in [6, 6.07) is 14.9. The fraction of sp³-hybridized carbons (Fsp3) is 0.346. The van der Waals surface area contributed by atoms with E-state index in [-0.39, 0.29) is 38.6 Å². The van der Waals surface area contributed by atoms with E-state index < -0.39 is 29.6 Å². The van der Waals surface area contributed by atoms with Crippen LogP contribution >= 0.6 is 0 Å². The lowest BCUT2D eigenvalue weighted by Gasteiger charge is -2.29. The van der Waals surface area contributed by atoms with Gasteiger partial charge in [0.2, 0.25) is 5.91 Å². The summed E-state index contributed by atoms with van der Waals surface area (Å²) in [5.74, 6) is -1.86. The molecule has 1 saturated heterocycles. The molecule has 2 aromatic carbocycles. The summed E-state index contributed by atoms with van der Waals surface area (Å²) < 4.78 is 11.0. The van der Waals surface area contributed by atoms with Gasteiger partial charge >= 0.3 is 12.1 Å². The SMILES string of the molecule is C=CCCC(NC(=O)C1(NC(=O)OCC2c3ccccc3-c3ccccc32)CCOC1)C(=O)O. The quantitative estimate of drug-likeness (QED) is 0.491. The van der Waals surface area contributed by atoms with E-state index in [1.165, 1.54) is 0 Å². The van der Waals surface area contributed by atoms with Crippen LogP contribution in [0, 0.1) is 0 Å². The number of amides is 2. The van der Waals surface area contributed by atoms with Gasteiger partial charge < -0.3 is 25.2 Å².